The Morgan fingerprint density at radius 2 is 1.58 bits per heavy atom. The van der Waals surface area contributed by atoms with Gasteiger partial charge in [0.15, 0.2) is 0 Å². The molecule has 0 aliphatic carbocycles. The second kappa shape index (κ2) is 9.22. The molecule has 1 N–H and O–H groups in total. The van der Waals surface area contributed by atoms with Crippen molar-refractivity contribution in [3.63, 3.8) is 0 Å². The van der Waals surface area contributed by atoms with E-state index in [1.807, 2.05) is 0 Å². The van der Waals surface area contributed by atoms with Gasteiger partial charge in [0.2, 0.25) is 15.7 Å². The van der Waals surface area contributed by atoms with E-state index in [2.05, 4.69) is 10.4 Å². The number of sulfone groups is 1. The molecule has 1 amide bonds. The van der Waals surface area contributed by atoms with Crippen molar-refractivity contribution in [2.24, 2.45) is 7.05 Å². The zero-order chi connectivity index (χ0) is 23.4. The Balaban J connectivity index is 1.47. The molecule has 1 aromatic heterocycles. The van der Waals surface area contributed by atoms with Crippen molar-refractivity contribution in [1.82, 2.24) is 9.78 Å². The van der Waals surface area contributed by atoms with Gasteiger partial charge in [0.1, 0.15) is 5.82 Å². The summed E-state index contributed by atoms with van der Waals surface area (Å²) < 4.78 is 40.2. The number of nitrogens with one attached hydrogen (secondary N) is 1. The highest BCUT2D eigenvalue weighted by Crippen LogP contribution is 2.25. The van der Waals surface area contributed by atoms with Crippen LogP contribution in [0.5, 0.6) is 0 Å². The molecule has 0 radical (unpaired) electrons. The molecule has 0 fully saturated rings. The third-order valence-corrected chi connectivity index (χ3v) is 6.77. The Morgan fingerprint density at radius 1 is 0.939 bits per heavy atom. The summed E-state index contributed by atoms with van der Waals surface area (Å²) >= 11 is 0. The number of amides is 1. The lowest BCUT2D eigenvalue weighted by molar-refractivity contribution is -0.111. The summed E-state index contributed by atoms with van der Waals surface area (Å²) in [5, 5.41) is 6.92. The van der Waals surface area contributed by atoms with Crippen LogP contribution in [0.3, 0.4) is 0 Å². The van der Waals surface area contributed by atoms with Gasteiger partial charge in [0.05, 0.1) is 21.7 Å². The molecule has 0 atom stereocenters. The fourth-order valence-corrected chi connectivity index (χ4v) is 4.62. The number of anilines is 1. The first-order valence-electron chi connectivity index (χ1n) is 10.0. The van der Waals surface area contributed by atoms with Crippen LogP contribution in [0.1, 0.15) is 5.56 Å². The van der Waals surface area contributed by atoms with E-state index in [1.54, 1.807) is 54.3 Å². The standard InChI is InChI=1S/C25H20FN3O3S/c1-29-25(18-7-10-20(26)11-8-18)19(17-27-29)9-16-24(30)28-21-12-14-23(15-13-21)33(31,32)22-5-3-2-4-6-22/h2-17H,1H3,(H,28,30)/b16-9+. The zero-order valence-electron chi connectivity index (χ0n) is 17.6. The first kappa shape index (κ1) is 22.2. The summed E-state index contributed by atoms with van der Waals surface area (Å²) in [6, 6.07) is 20.2. The highest BCUT2D eigenvalue weighted by atomic mass is 32.2. The molecule has 0 bridgehead atoms. The number of hydrogen-bond acceptors (Lipinski definition) is 4. The van der Waals surface area contributed by atoms with Gasteiger partial charge in [-0.2, -0.15) is 5.10 Å². The van der Waals surface area contributed by atoms with Crippen LogP contribution in [-0.4, -0.2) is 24.1 Å². The first-order chi connectivity index (χ1) is 15.8. The number of carbonyl (C=O) groups excluding carboxylic acids is 1. The molecule has 6 nitrogen and oxygen atoms in total. The Bertz CT molecular complexity index is 1410. The van der Waals surface area contributed by atoms with E-state index in [0.29, 0.717) is 11.3 Å². The summed E-state index contributed by atoms with van der Waals surface area (Å²) in [6.45, 7) is 0. The van der Waals surface area contributed by atoms with Crippen LogP contribution in [0.4, 0.5) is 10.1 Å². The minimum absolute atomic E-state index is 0.140. The lowest BCUT2D eigenvalue weighted by Gasteiger charge is -2.07. The van der Waals surface area contributed by atoms with Gasteiger partial charge in [-0.1, -0.05) is 18.2 Å². The van der Waals surface area contributed by atoms with Crippen molar-refractivity contribution < 1.29 is 17.6 Å². The number of nitrogens with zero attached hydrogens (tertiary/aromatic N) is 2. The molecule has 0 aliphatic heterocycles. The fraction of sp³-hybridized carbons (Fsp3) is 0.0400. The predicted octanol–water partition coefficient (Wildman–Crippen LogP) is 4.71. The van der Waals surface area contributed by atoms with Gasteiger partial charge in [-0.05, 0) is 66.7 Å². The molecular weight excluding hydrogens is 441 g/mol. The topological polar surface area (TPSA) is 81.1 Å². The van der Waals surface area contributed by atoms with Crippen LogP contribution in [0.25, 0.3) is 17.3 Å². The van der Waals surface area contributed by atoms with Crippen molar-refractivity contribution >= 4 is 27.5 Å². The second-order valence-electron chi connectivity index (χ2n) is 7.24. The average molecular weight is 462 g/mol. The monoisotopic (exact) mass is 461 g/mol. The summed E-state index contributed by atoms with van der Waals surface area (Å²) in [5.41, 5.74) is 2.67. The number of aryl methyl sites for hydroxylation is 1. The van der Waals surface area contributed by atoms with E-state index in [4.69, 9.17) is 0 Å². The Hall–Kier alpha value is -4.04. The summed E-state index contributed by atoms with van der Waals surface area (Å²) in [5.74, 6) is -0.720. The highest BCUT2D eigenvalue weighted by Gasteiger charge is 2.17. The quantitative estimate of drug-likeness (QED) is 0.422. The SMILES string of the molecule is Cn1ncc(/C=C/C(=O)Nc2ccc(S(=O)(=O)c3ccccc3)cc2)c1-c1ccc(F)cc1. The Kier molecular flexibility index (Phi) is 6.19. The van der Waals surface area contributed by atoms with E-state index < -0.39 is 9.84 Å². The highest BCUT2D eigenvalue weighted by molar-refractivity contribution is 7.91. The first-order valence-corrected chi connectivity index (χ1v) is 11.5. The molecule has 3 aromatic carbocycles. The van der Waals surface area contributed by atoms with E-state index in [-0.39, 0.29) is 21.5 Å². The third-order valence-electron chi connectivity index (χ3n) is 4.98. The minimum atomic E-state index is -3.62. The van der Waals surface area contributed by atoms with Gasteiger partial charge in [-0.3, -0.25) is 9.48 Å². The van der Waals surface area contributed by atoms with Gasteiger partial charge in [0, 0.05) is 29.9 Å². The van der Waals surface area contributed by atoms with Gasteiger partial charge >= 0.3 is 0 Å². The number of benzene rings is 3. The van der Waals surface area contributed by atoms with E-state index in [1.165, 1.54) is 54.6 Å². The van der Waals surface area contributed by atoms with E-state index in [0.717, 1.165) is 11.3 Å². The molecule has 0 unspecified atom stereocenters. The average Bonchev–Trinajstić information content (AvgIpc) is 3.19. The van der Waals surface area contributed by atoms with E-state index in [9.17, 15) is 17.6 Å². The van der Waals surface area contributed by atoms with Gasteiger partial charge in [-0.15, -0.1) is 0 Å². The fourth-order valence-electron chi connectivity index (χ4n) is 3.34. The Morgan fingerprint density at radius 3 is 2.24 bits per heavy atom. The number of rotatable bonds is 6. The molecular formula is C25H20FN3O3S. The molecule has 0 saturated heterocycles. The molecule has 166 valence electrons. The second-order valence-corrected chi connectivity index (χ2v) is 9.19. The molecule has 0 aliphatic rings. The number of hydrogen-bond donors (Lipinski definition) is 1. The summed E-state index contributed by atoms with van der Waals surface area (Å²) in [6.07, 6.45) is 4.60. The molecule has 33 heavy (non-hydrogen) atoms. The van der Waals surface area contributed by atoms with Crippen molar-refractivity contribution in [2.75, 3.05) is 5.32 Å². The summed E-state index contributed by atoms with van der Waals surface area (Å²) in [4.78, 5) is 12.7. The van der Waals surface area contributed by atoms with E-state index >= 15 is 0 Å². The van der Waals surface area contributed by atoms with Crippen molar-refractivity contribution in [3.8, 4) is 11.3 Å². The number of aromatic nitrogens is 2. The summed E-state index contributed by atoms with van der Waals surface area (Å²) in [7, 11) is -1.86. The number of halogens is 1. The van der Waals surface area contributed by atoms with Crippen LogP contribution in [0, 0.1) is 5.82 Å². The van der Waals surface area contributed by atoms with Gasteiger partial charge < -0.3 is 5.32 Å². The van der Waals surface area contributed by atoms with Crippen LogP contribution in [-0.2, 0) is 21.7 Å². The molecule has 8 heteroatoms. The lowest BCUT2D eigenvalue weighted by Crippen LogP contribution is -2.08. The molecule has 4 aromatic rings. The normalized spacial score (nSPS) is 11.6. The maximum atomic E-state index is 13.2. The zero-order valence-corrected chi connectivity index (χ0v) is 18.5. The molecule has 0 spiro atoms. The largest absolute Gasteiger partial charge is 0.323 e. The molecule has 0 saturated carbocycles. The van der Waals surface area contributed by atoms with Crippen LogP contribution in [0.15, 0.2) is 101 Å². The maximum Gasteiger partial charge on any atom is 0.248 e. The van der Waals surface area contributed by atoms with Gasteiger partial charge in [-0.25, -0.2) is 12.8 Å². The van der Waals surface area contributed by atoms with Crippen molar-refractivity contribution in [1.29, 1.82) is 0 Å². The van der Waals surface area contributed by atoms with Crippen LogP contribution < -0.4 is 5.32 Å². The molecule has 1 heterocycles. The molecule has 4 rings (SSSR count). The minimum Gasteiger partial charge on any atom is -0.323 e. The van der Waals surface area contributed by atoms with Crippen LogP contribution >= 0.6 is 0 Å². The Labute approximate surface area is 190 Å². The number of carbonyl (C=O) groups is 1. The van der Waals surface area contributed by atoms with Crippen LogP contribution in [0.2, 0.25) is 0 Å². The van der Waals surface area contributed by atoms with Crippen molar-refractivity contribution in [2.45, 2.75) is 9.79 Å². The van der Waals surface area contributed by atoms with Gasteiger partial charge in [0.25, 0.3) is 0 Å². The van der Waals surface area contributed by atoms with Crippen molar-refractivity contribution in [3.05, 3.63) is 103 Å². The lowest BCUT2D eigenvalue weighted by atomic mass is 10.1. The maximum absolute atomic E-state index is 13.2. The smallest absolute Gasteiger partial charge is 0.248 e. The third kappa shape index (κ3) is 4.91. The predicted molar refractivity (Wildman–Crippen MR) is 125 cm³/mol.